The molecule has 232 valence electrons. The molecule has 0 spiro atoms. The zero-order valence-corrected chi connectivity index (χ0v) is 26.3. The van der Waals surface area contributed by atoms with E-state index >= 15 is 0 Å². The molecule has 44 heavy (non-hydrogen) atoms. The van der Waals surface area contributed by atoms with Crippen LogP contribution in [-0.2, 0) is 27.2 Å². The van der Waals surface area contributed by atoms with Gasteiger partial charge < -0.3 is 20.1 Å². The first kappa shape index (κ1) is 31.4. The highest BCUT2D eigenvalue weighted by Gasteiger charge is 2.73. The van der Waals surface area contributed by atoms with Crippen molar-refractivity contribution in [2.75, 3.05) is 7.11 Å². The second kappa shape index (κ2) is 10.5. The van der Waals surface area contributed by atoms with Gasteiger partial charge in [0, 0.05) is 11.0 Å². The lowest BCUT2D eigenvalue weighted by Crippen LogP contribution is -2.73. The number of benzene rings is 2. The van der Waals surface area contributed by atoms with E-state index in [1.165, 1.54) is 20.1 Å². The monoisotopic (exact) mass is 600 g/mol. The number of phenolic OH excluding ortho intramolecular Hbond substituents is 2. The number of carbonyl (C=O) groups excluding carboxylic acids is 4. The molecule has 0 saturated heterocycles. The van der Waals surface area contributed by atoms with Crippen molar-refractivity contribution in [3.63, 3.8) is 0 Å². The molecular weight excluding hydrogens is 560 g/mol. The van der Waals surface area contributed by atoms with Crippen LogP contribution in [0.4, 0.5) is 0 Å². The van der Waals surface area contributed by atoms with Crippen molar-refractivity contribution in [2.45, 2.75) is 66.4 Å². The number of Topliss-reactive ketones (excluding diaryl/α,β-unsaturated/α-hetero) is 4. The highest BCUT2D eigenvalue weighted by Crippen LogP contribution is 2.64. The first-order valence-electron chi connectivity index (χ1n) is 15.0. The maximum absolute atomic E-state index is 14.5. The Hall–Kier alpha value is -4.04. The van der Waals surface area contributed by atoms with Gasteiger partial charge in [-0.3, -0.25) is 19.2 Å². The first-order chi connectivity index (χ1) is 20.5. The maximum Gasteiger partial charge on any atom is 0.192 e. The molecule has 2 unspecified atom stereocenters. The standard InChI is InChI=1S/C36H40O8/c1-18(2)28-19(3)26(20(4)37)32(41)36(43)33(42)29-31(40)27-23(16-34(29,5)17-35(28,36)6)21(14-15-24(27)38)10-8-11-22-12-9-13-25(44-7)30(22)39/h8-10,12-15,18,26,29,38-39,43H,11,16-17H2,1-7H3/b10-8-/t26?,29?,34-,35-,36+/m0/s1. The fourth-order valence-electron chi connectivity index (χ4n) is 8.73. The molecule has 3 aliphatic rings. The Labute approximate surface area is 257 Å². The number of fused-ring (bicyclic) bond motifs is 3. The van der Waals surface area contributed by atoms with Gasteiger partial charge >= 0.3 is 0 Å². The third-order valence-corrected chi connectivity index (χ3v) is 10.3. The van der Waals surface area contributed by atoms with Gasteiger partial charge in [-0.05, 0) is 67.7 Å². The van der Waals surface area contributed by atoms with Gasteiger partial charge in [0.05, 0.1) is 18.6 Å². The molecule has 2 aromatic rings. The van der Waals surface area contributed by atoms with Gasteiger partial charge in [0.25, 0.3) is 0 Å². The summed E-state index contributed by atoms with van der Waals surface area (Å²) >= 11 is 0. The number of ether oxygens (including phenoxy) is 1. The summed E-state index contributed by atoms with van der Waals surface area (Å²) in [6.07, 6.45) is 4.43. The molecule has 1 saturated carbocycles. The molecule has 5 atom stereocenters. The van der Waals surface area contributed by atoms with Crippen LogP contribution in [0.25, 0.3) is 6.08 Å². The van der Waals surface area contributed by atoms with Gasteiger partial charge in [0.2, 0.25) is 0 Å². The summed E-state index contributed by atoms with van der Waals surface area (Å²) in [5.74, 6) is -5.59. The molecule has 0 heterocycles. The molecule has 2 aromatic carbocycles. The summed E-state index contributed by atoms with van der Waals surface area (Å²) < 4.78 is 5.20. The Morgan fingerprint density at radius 2 is 1.77 bits per heavy atom. The summed E-state index contributed by atoms with van der Waals surface area (Å²) in [5, 5.41) is 33.6. The zero-order valence-electron chi connectivity index (χ0n) is 26.3. The molecule has 0 aromatic heterocycles. The van der Waals surface area contributed by atoms with Crippen LogP contribution in [0.15, 0.2) is 47.6 Å². The van der Waals surface area contributed by atoms with Gasteiger partial charge in [-0.25, -0.2) is 0 Å². The second-order valence-electron chi connectivity index (χ2n) is 13.5. The topological polar surface area (TPSA) is 138 Å². The van der Waals surface area contributed by atoms with Crippen LogP contribution in [-0.4, -0.2) is 51.2 Å². The number of methoxy groups -OCH3 is 1. The number of ketones is 4. The average molecular weight is 601 g/mol. The van der Waals surface area contributed by atoms with Crippen molar-refractivity contribution in [3.8, 4) is 17.2 Å². The number of phenols is 2. The Balaban J connectivity index is 1.63. The quantitative estimate of drug-likeness (QED) is 0.304. The normalized spacial score (nSPS) is 30.0. The summed E-state index contributed by atoms with van der Waals surface area (Å²) in [6.45, 7) is 10.4. The lowest BCUT2D eigenvalue weighted by Gasteiger charge is -2.60. The summed E-state index contributed by atoms with van der Waals surface area (Å²) in [6, 6.07) is 8.33. The van der Waals surface area contributed by atoms with E-state index in [-0.39, 0.29) is 35.8 Å². The number of hydrogen-bond donors (Lipinski definition) is 3. The van der Waals surface area contributed by atoms with Crippen LogP contribution < -0.4 is 4.74 Å². The lowest BCUT2D eigenvalue weighted by atomic mass is 9.41. The highest BCUT2D eigenvalue weighted by molar-refractivity contribution is 6.27. The lowest BCUT2D eigenvalue weighted by molar-refractivity contribution is -0.183. The molecule has 0 aliphatic heterocycles. The Bertz CT molecular complexity index is 1680. The number of hydrogen-bond acceptors (Lipinski definition) is 8. The maximum atomic E-state index is 14.5. The van der Waals surface area contributed by atoms with E-state index in [1.807, 2.05) is 32.9 Å². The SMILES string of the molecule is COc1cccc(C/C=C\c2ccc(O)c3c2C[C@@]2(C)C[C@@]4(C)C(C(C)C)=C(C)C(C(C)=O)C(=O)[C@@]4(O)C(=O)C2C3=O)c1O. The Morgan fingerprint density at radius 1 is 1.09 bits per heavy atom. The highest BCUT2D eigenvalue weighted by atomic mass is 16.5. The minimum atomic E-state index is -2.56. The smallest absolute Gasteiger partial charge is 0.192 e. The Morgan fingerprint density at radius 3 is 2.39 bits per heavy atom. The minimum Gasteiger partial charge on any atom is -0.507 e. The molecular formula is C36H40O8. The number of carbonyl (C=O) groups is 4. The molecule has 0 bridgehead atoms. The second-order valence-corrected chi connectivity index (χ2v) is 13.5. The van der Waals surface area contributed by atoms with Crippen LogP contribution in [0.3, 0.4) is 0 Å². The number of allylic oxidation sites excluding steroid dienone is 2. The van der Waals surface area contributed by atoms with E-state index in [9.17, 15) is 34.5 Å². The molecule has 5 rings (SSSR count). The zero-order chi connectivity index (χ0) is 32.5. The fourth-order valence-corrected chi connectivity index (χ4v) is 8.73. The third-order valence-electron chi connectivity index (χ3n) is 10.3. The van der Waals surface area contributed by atoms with Gasteiger partial charge in [0.1, 0.15) is 17.5 Å². The van der Waals surface area contributed by atoms with Crippen molar-refractivity contribution >= 4 is 29.2 Å². The van der Waals surface area contributed by atoms with Gasteiger partial charge in [0.15, 0.2) is 34.4 Å². The van der Waals surface area contributed by atoms with Crippen LogP contribution >= 0.6 is 0 Å². The van der Waals surface area contributed by atoms with E-state index in [0.717, 1.165) is 0 Å². The number of rotatable bonds is 6. The van der Waals surface area contributed by atoms with Crippen LogP contribution in [0.1, 0.15) is 75.0 Å². The van der Waals surface area contributed by atoms with E-state index < -0.39 is 51.4 Å². The van der Waals surface area contributed by atoms with Crippen molar-refractivity contribution in [3.05, 3.63) is 69.8 Å². The first-order valence-corrected chi connectivity index (χ1v) is 15.0. The fraction of sp³-hybridized carbons (Fsp3) is 0.444. The molecule has 0 radical (unpaired) electrons. The van der Waals surface area contributed by atoms with Crippen molar-refractivity contribution in [1.29, 1.82) is 0 Å². The summed E-state index contributed by atoms with van der Waals surface area (Å²) in [5.41, 5.74) is -1.73. The molecule has 1 fully saturated rings. The van der Waals surface area contributed by atoms with Crippen LogP contribution in [0.5, 0.6) is 17.2 Å². The van der Waals surface area contributed by atoms with E-state index in [0.29, 0.717) is 40.0 Å². The third kappa shape index (κ3) is 4.21. The van der Waals surface area contributed by atoms with Crippen molar-refractivity contribution < 1.29 is 39.2 Å². The van der Waals surface area contributed by atoms with Gasteiger partial charge in [-0.2, -0.15) is 0 Å². The Kier molecular flexibility index (Phi) is 7.52. The molecule has 0 amide bonds. The van der Waals surface area contributed by atoms with Gasteiger partial charge in [-0.1, -0.05) is 69.2 Å². The number of aromatic hydroxyl groups is 2. The predicted molar refractivity (Wildman–Crippen MR) is 165 cm³/mol. The largest absolute Gasteiger partial charge is 0.507 e. The minimum absolute atomic E-state index is 0.00147. The molecule has 8 nitrogen and oxygen atoms in total. The number of aliphatic hydroxyl groups is 1. The van der Waals surface area contributed by atoms with E-state index in [2.05, 4.69) is 0 Å². The summed E-state index contributed by atoms with van der Waals surface area (Å²) in [4.78, 5) is 55.3. The number of para-hydroxylation sites is 1. The molecule has 3 N–H and O–H groups in total. The van der Waals surface area contributed by atoms with Crippen LogP contribution in [0.2, 0.25) is 0 Å². The van der Waals surface area contributed by atoms with E-state index in [4.69, 9.17) is 4.74 Å². The van der Waals surface area contributed by atoms with Crippen molar-refractivity contribution in [1.82, 2.24) is 0 Å². The van der Waals surface area contributed by atoms with Crippen molar-refractivity contribution in [2.24, 2.45) is 28.6 Å². The van der Waals surface area contributed by atoms with Crippen LogP contribution in [0, 0.1) is 28.6 Å². The predicted octanol–water partition coefficient (Wildman–Crippen LogP) is 5.19. The molecule has 3 aliphatic carbocycles. The van der Waals surface area contributed by atoms with Gasteiger partial charge in [-0.15, -0.1) is 0 Å². The van der Waals surface area contributed by atoms with E-state index in [1.54, 1.807) is 38.1 Å². The average Bonchev–Trinajstić information content (AvgIpc) is 2.92. The summed E-state index contributed by atoms with van der Waals surface area (Å²) in [7, 11) is 1.48. The molecule has 8 heteroatoms.